The first kappa shape index (κ1) is 13.9. The molecule has 2 rings (SSSR count). The Hall–Kier alpha value is -1.55. The maximum atomic E-state index is 12.3. The highest BCUT2D eigenvalue weighted by Crippen LogP contribution is 2.27. The van der Waals surface area contributed by atoms with E-state index in [4.69, 9.17) is 4.74 Å². The van der Waals surface area contributed by atoms with E-state index in [1.807, 2.05) is 38.1 Å². The molecule has 1 heterocycles. The van der Waals surface area contributed by atoms with Gasteiger partial charge in [0.15, 0.2) is 0 Å². The van der Waals surface area contributed by atoms with E-state index in [1.165, 1.54) is 0 Å². The average molecular weight is 262 g/mol. The van der Waals surface area contributed by atoms with Crippen molar-refractivity contribution in [2.75, 3.05) is 25.0 Å². The summed E-state index contributed by atoms with van der Waals surface area (Å²) in [6, 6.07) is 7.51. The molecule has 1 aliphatic rings. The summed E-state index contributed by atoms with van der Waals surface area (Å²) in [7, 11) is 0. The summed E-state index contributed by atoms with van der Waals surface area (Å²) in [6.07, 6.45) is 1.98. The molecule has 0 spiro atoms. The number of hydrogen-bond donors (Lipinski definition) is 2. The summed E-state index contributed by atoms with van der Waals surface area (Å²) < 4.78 is 5.38. The van der Waals surface area contributed by atoms with Gasteiger partial charge in [-0.15, -0.1) is 0 Å². The standard InChI is InChI=1S/C15H22N2O2/c1-3-19-13-7-5-12(6-8-13)17-14(18)15(2)9-4-10-16-11-15/h5-8,16H,3-4,9-11H2,1-2H3,(H,17,18). The van der Waals surface area contributed by atoms with Crippen LogP contribution < -0.4 is 15.4 Å². The molecule has 104 valence electrons. The second-order valence-electron chi connectivity index (χ2n) is 5.25. The molecule has 19 heavy (non-hydrogen) atoms. The highest BCUT2D eigenvalue weighted by atomic mass is 16.5. The summed E-state index contributed by atoms with van der Waals surface area (Å²) in [5.74, 6) is 0.912. The summed E-state index contributed by atoms with van der Waals surface area (Å²) >= 11 is 0. The zero-order valence-corrected chi connectivity index (χ0v) is 11.7. The average Bonchev–Trinajstić information content (AvgIpc) is 2.42. The number of hydrogen-bond acceptors (Lipinski definition) is 3. The second kappa shape index (κ2) is 6.06. The van der Waals surface area contributed by atoms with Crippen molar-refractivity contribution in [1.82, 2.24) is 5.32 Å². The number of amides is 1. The van der Waals surface area contributed by atoms with Crippen LogP contribution in [0.5, 0.6) is 5.75 Å². The lowest BCUT2D eigenvalue weighted by atomic mass is 9.82. The first-order valence-electron chi connectivity index (χ1n) is 6.89. The Morgan fingerprint density at radius 3 is 2.74 bits per heavy atom. The van der Waals surface area contributed by atoms with Crippen LogP contribution >= 0.6 is 0 Å². The van der Waals surface area contributed by atoms with Gasteiger partial charge in [0.25, 0.3) is 0 Å². The van der Waals surface area contributed by atoms with Gasteiger partial charge in [-0.3, -0.25) is 4.79 Å². The molecule has 0 aliphatic carbocycles. The predicted octanol–water partition coefficient (Wildman–Crippen LogP) is 2.41. The van der Waals surface area contributed by atoms with Gasteiger partial charge in [-0.05, 0) is 57.5 Å². The highest BCUT2D eigenvalue weighted by molar-refractivity contribution is 5.95. The van der Waals surface area contributed by atoms with Crippen LogP contribution in [0.2, 0.25) is 0 Å². The maximum absolute atomic E-state index is 12.3. The largest absolute Gasteiger partial charge is 0.494 e. The number of rotatable bonds is 4. The van der Waals surface area contributed by atoms with Gasteiger partial charge in [-0.25, -0.2) is 0 Å². The number of piperidine rings is 1. The molecule has 1 unspecified atom stereocenters. The van der Waals surface area contributed by atoms with Gasteiger partial charge >= 0.3 is 0 Å². The van der Waals surface area contributed by atoms with E-state index in [0.29, 0.717) is 6.61 Å². The zero-order chi connectivity index (χ0) is 13.7. The van der Waals surface area contributed by atoms with Crippen LogP contribution in [0.15, 0.2) is 24.3 Å². The SMILES string of the molecule is CCOc1ccc(NC(=O)C2(C)CCCNC2)cc1. The van der Waals surface area contributed by atoms with Crippen LogP contribution in [0.25, 0.3) is 0 Å². The van der Waals surface area contributed by atoms with Gasteiger partial charge in [0.05, 0.1) is 12.0 Å². The molecule has 1 aromatic rings. The lowest BCUT2D eigenvalue weighted by Gasteiger charge is -2.32. The molecule has 2 N–H and O–H groups in total. The van der Waals surface area contributed by atoms with E-state index in [0.717, 1.165) is 37.4 Å². The Kier molecular flexibility index (Phi) is 4.43. The van der Waals surface area contributed by atoms with Crippen molar-refractivity contribution in [2.45, 2.75) is 26.7 Å². The molecule has 1 amide bonds. The molecule has 0 aromatic heterocycles. The molecular weight excluding hydrogens is 240 g/mol. The molecule has 0 saturated carbocycles. The first-order chi connectivity index (χ1) is 9.14. The molecule has 1 aromatic carbocycles. The molecule has 1 saturated heterocycles. The molecule has 0 radical (unpaired) electrons. The Bertz CT molecular complexity index is 422. The number of carbonyl (C=O) groups is 1. The van der Waals surface area contributed by atoms with Gasteiger partial charge in [0.2, 0.25) is 5.91 Å². The number of anilines is 1. The number of benzene rings is 1. The van der Waals surface area contributed by atoms with Gasteiger partial charge in [-0.2, -0.15) is 0 Å². The van der Waals surface area contributed by atoms with Gasteiger partial charge < -0.3 is 15.4 Å². The fourth-order valence-corrected chi connectivity index (χ4v) is 2.33. The lowest BCUT2D eigenvalue weighted by Crippen LogP contribution is -2.46. The van der Waals surface area contributed by atoms with Crippen molar-refractivity contribution in [2.24, 2.45) is 5.41 Å². The molecule has 0 bridgehead atoms. The topological polar surface area (TPSA) is 50.4 Å². The van der Waals surface area contributed by atoms with Crippen molar-refractivity contribution < 1.29 is 9.53 Å². The minimum atomic E-state index is -0.309. The Balaban J connectivity index is 1.98. The fraction of sp³-hybridized carbons (Fsp3) is 0.533. The van der Waals surface area contributed by atoms with Gasteiger partial charge in [-0.1, -0.05) is 0 Å². The number of carbonyl (C=O) groups excluding carboxylic acids is 1. The Labute approximate surface area is 114 Å². The van der Waals surface area contributed by atoms with E-state index in [1.54, 1.807) is 0 Å². The number of ether oxygens (including phenoxy) is 1. The smallest absolute Gasteiger partial charge is 0.231 e. The van der Waals surface area contributed by atoms with Crippen molar-refractivity contribution in [3.8, 4) is 5.75 Å². The van der Waals surface area contributed by atoms with E-state index < -0.39 is 0 Å². The van der Waals surface area contributed by atoms with Crippen molar-refractivity contribution in [3.63, 3.8) is 0 Å². The zero-order valence-electron chi connectivity index (χ0n) is 11.7. The monoisotopic (exact) mass is 262 g/mol. The van der Waals surface area contributed by atoms with Gasteiger partial charge in [0, 0.05) is 12.2 Å². The van der Waals surface area contributed by atoms with Crippen LogP contribution in [0.3, 0.4) is 0 Å². The van der Waals surface area contributed by atoms with Crippen LogP contribution in [0.1, 0.15) is 26.7 Å². The summed E-state index contributed by atoms with van der Waals surface area (Å²) in [5, 5.41) is 6.27. The summed E-state index contributed by atoms with van der Waals surface area (Å²) in [5.41, 5.74) is 0.511. The minimum absolute atomic E-state index is 0.0869. The quantitative estimate of drug-likeness (QED) is 0.876. The van der Waals surface area contributed by atoms with Crippen LogP contribution in [-0.4, -0.2) is 25.6 Å². The third-order valence-electron chi connectivity index (χ3n) is 3.57. The van der Waals surface area contributed by atoms with Crippen molar-refractivity contribution in [3.05, 3.63) is 24.3 Å². The second-order valence-corrected chi connectivity index (χ2v) is 5.25. The lowest BCUT2D eigenvalue weighted by molar-refractivity contribution is -0.125. The van der Waals surface area contributed by atoms with Crippen LogP contribution in [-0.2, 0) is 4.79 Å². The molecule has 4 heteroatoms. The summed E-state index contributed by atoms with van der Waals surface area (Å²) in [4.78, 5) is 12.3. The third kappa shape index (κ3) is 3.47. The molecule has 1 fully saturated rings. The fourth-order valence-electron chi connectivity index (χ4n) is 2.33. The maximum Gasteiger partial charge on any atom is 0.231 e. The van der Waals surface area contributed by atoms with E-state index in [-0.39, 0.29) is 11.3 Å². The number of nitrogens with one attached hydrogen (secondary N) is 2. The highest BCUT2D eigenvalue weighted by Gasteiger charge is 2.34. The van der Waals surface area contributed by atoms with Crippen LogP contribution in [0.4, 0.5) is 5.69 Å². The van der Waals surface area contributed by atoms with Crippen LogP contribution in [0, 0.1) is 5.41 Å². The van der Waals surface area contributed by atoms with Crippen molar-refractivity contribution in [1.29, 1.82) is 0 Å². The predicted molar refractivity (Wildman–Crippen MR) is 76.5 cm³/mol. The van der Waals surface area contributed by atoms with Gasteiger partial charge in [0.1, 0.15) is 5.75 Å². The Morgan fingerprint density at radius 2 is 2.16 bits per heavy atom. The van der Waals surface area contributed by atoms with Crippen molar-refractivity contribution >= 4 is 11.6 Å². The molecule has 1 aliphatic heterocycles. The summed E-state index contributed by atoms with van der Waals surface area (Å²) in [6.45, 7) is 6.37. The van der Waals surface area contributed by atoms with E-state index >= 15 is 0 Å². The minimum Gasteiger partial charge on any atom is -0.494 e. The molecule has 4 nitrogen and oxygen atoms in total. The Morgan fingerprint density at radius 1 is 1.42 bits per heavy atom. The molecule has 1 atom stereocenters. The van der Waals surface area contributed by atoms with E-state index in [2.05, 4.69) is 10.6 Å². The normalized spacial score (nSPS) is 22.8. The van der Waals surface area contributed by atoms with E-state index in [9.17, 15) is 4.79 Å². The third-order valence-corrected chi connectivity index (χ3v) is 3.57. The first-order valence-corrected chi connectivity index (χ1v) is 6.89. The molecular formula is C15H22N2O2.